The summed E-state index contributed by atoms with van der Waals surface area (Å²) < 4.78 is 5.59. The van der Waals surface area contributed by atoms with Crippen LogP contribution in [0.2, 0.25) is 0 Å². The third-order valence-corrected chi connectivity index (χ3v) is 3.56. The smallest absolute Gasteiger partial charge is 0.137 e. The maximum atomic E-state index is 9.31. The maximum absolute atomic E-state index is 9.31. The summed E-state index contributed by atoms with van der Waals surface area (Å²) >= 11 is 0. The first kappa shape index (κ1) is 15.0. The van der Waals surface area contributed by atoms with Crippen LogP contribution in [0.1, 0.15) is 25.2 Å². The number of aryl methyl sites for hydroxylation is 1. The molecule has 1 aromatic heterocycles. The summed E-state index contributed by atoms with van der Waals surface area (Å²) in [5.74, 6) is 2.57. The molecule has 1 saturated heterocycles. The average molecular weight is 280 g/mol. The molecule has 0 aliphatic carbocycles. The van der Waals surface area contributed by atoms with Crippen LogP contribution < -0.4 is 10.2 Å². The van der Waals surface area contributed by atoms with Crippen LogP contribution in [0, 0.1) is 13.8 Å². The van der Waals surface area contributed by atoms with Gasteiger partial charge in [-0.1, -0.05) is 0 Å². The molecule has 0 radical (unpaired) electrons. The summed E-state index contributed by atoms with van der Waals surface area (Å²) in [6.45, 7) is 10.2. The highest BCUT2D eigenvalue weighted by Gasteiger charge is 2.28. The highest BCUT2D eigenvalue weighted by Crippen LogP contribution is 2.27. The Morgan fingerprint density at radius 3 is 2.80 bits per heavy atom. The number of aliphatic hydroxyl groups is 1. The molecule has 6 heteroatoms. The molecular weight excluding hydrogens is 256 g/mol. The molecule has 0 saturated carbocycles. The van der Waals surface area contributed by atoms with Crippen LogP contribution in [0.5, 0.6) is 0 Å². The lowest BCUT2D eigenvalue weighted by atomic mass is 10.1. The number of morpholine rings is 1. The minimum atomic E-state index is -0.150. The van der Waals surface area contributed by atoms with Crippen molar-refractivity contribution < 1.29 is 9.84 Å². The van der Waals surface area contributed by atoms with Gasteiger partial charge in [-0.15, -0.1) is 0 Å². The summed E-state index contributed by atoms with van der Waals surface area (Å²) in [4.78, 5) is 11.3. The molecule has 0 amide bonds. The molecule has 6 nitrogen and oxygen atoms in total. The Hall–Kier alpha value is -1.40. The number of rotatable bonds is 4. The first-order valence-corrected chi connectivity index (χ1v) is 7.15. The van der Waals surface area contributed by atoms with E-state index >= 15 is 0 Å². The fraction of sp³-hybridized carbons (Fsp3) is 0.714. The average Bonchev–Trinajstić information content (AvgIpc) is 2.43. The summed E-state index contributed by atoms with van der Waals surface area (Å²) in [6.07, 6.45) is -0.150. The van der Waals surface area contributed by atoms with Crippen LogP contribution in [0.25, 0.3) is 0 Å². The minimum Gasteiger partial charge on any atom is -0.394 e. The van der Waals surface area contributed by atoms with Crippen LogP contribution in [0.15, 0.2) is 0 Å². The van der Waals surface area contributed by atoms with Crippen LogP contribution in [-0.4, -0.2) is 53.5 Å². The Morgan fingerprint density at radius 2 is 2.15 bits per heavy atom. The fourth-order valence-corrected chi connectivity index (χ4v) is 2.46. The molecule has 2 rings (SSSR count). The first-order chi connectivity index (χ1) is 9.56. The topological polar surface area (TPSA) is 70.5 Å². The maximum Gasteiger partial charge on any atom is 0.137 e. The standard InChI is InChI=1S/C14H24N4O2/c1-5-15-13-10(3)14(17-11(4)16-13)18-6-12(7-19)20-8-9(18)2/h9,12,19H,5-8H2,1-4H3,(H,15,16,17). The van der Waals surface area contributed by atoms with Crippen molar-refractivity contribution in [2.24, 2.45) is 0 Å². The molecule has 2 atom stereocenters. The molecular formula is C14H24N4O2. The van der Waals surface area contributed by atoms with E-state index in [1.165, 1.54) is 0 Å². The van der Waals surface area contributed by atoms with Gasteiger partial charge in [-0.05, 0) is 27.7 Å². The second kappa shape index (κ2) is 6.37. The number of hydrogen-bond acceptors (Lipinski definition) is 6. The van der Waals surface area contributed by atoms with Gasteiger partial charge in [0.25, 0.3) is 0 Å². The van der Waals surface area contributed by atoms with Crippen LogP contribution in [-0.2, 0) is 4.74 Å². The zero-order chi connectivity index (χ0) is 14.7. The zero-order valence-electron chi connectivity index (χ0n) is 12.7. The minimum absolute atomic E-state index is 0.0341. The van der Waals surface area contributed by atoms with Gasteiger partial charge in [0, 0.05) is 18.7 Å². The van der Waals surface area contributed by atoms with Crippen molar-refractivity contribution in [3.63, 3.8) is 0 Å². The van der Waals surface area contributed by atoms with Gasteiger partial charge in [-0.3, -0.25) is 0 Å². The molecule has 2 N–H and O–H groups in total. The number of ether oxygens (including phenoxy) is 1. The molecule has 0 spiro atoms. The molecule has 0 aromatic carbocycles. The monoisotopic (exact) mass is 280 g/mol. The Balaban J connectivity index is 2.34. The number of anilines is 2. The Labute approximate surface area is 120 Å². The quantitative estimate of drug-likeness (QED) is 0.861. The van der Waals surface area contributed by atoms with E-state index in [-0.39, 0.29) is 18.8 Å². The molecule has 20 heavy (non-hydrogen) atoms. The van der Waals surface area contributed by atoms with Crippen molar-refractivity contribution in [2.45, 2.75) is 39.8 Å². The van der Waals surface area contributed by atoms with Gasteiger partial charge in [0.05, 0.1) is 25.4 Å². The predicted octanol–water partition coefficient (Wildman–Crippen LogP) is 1.11. The van der Waals surface area contributed by atoms with Crippen molar-refractivity contribution >= 4 is 11.6 Å². The van der Waals surface area contributed by atoms with Gasteiger partial charge in [0.2, 0.25) is 0 Å². The van der Waals surface area contributed by atoms with E-state index < -0.39 is 0 Å². The number of nitrogens with zero attached hydrogens (tertiary/aromatic N) is 3. The second-order valence-corrected chi connectivity index (χ2v) is 5.24. The van der Waals surface area contributed by atoms with Gasteiger partial charge in [-0.2, -0.15) is 0 Å². The van der Waals surface area contributed by atoms with E-state index in [1.807, 2.05) is 13.8 Å². The summed E-state index contributed by atoms with van der Waals surface area (Å²) in [5.41, 5.74) is 1.04. The van der Waals surface area contributed by atoms with Gasteiger partial charge in [0.15, 0.2) is 0 Å². The third-order valence-electron chi connectivity index (χ3n) is 3.56. The summed E-state index contributed by atoms with van der Waals surface area (Å²) in [5, 5.41) is 12.6. The number of aliphatic hydroxyl groups excluding tert-OH is 1. The Kier molecular flexibility index (Phi) is 4.77. The lowest BCUT2D eigenvalue weighted by Crippen LogP contribution is -2.50. The molecule has 1 fully saturated rings. The van der Waals surface area contributed by atoms with Gasteiger partial charge >= 0.3 is 0 Å². The van der Waals surface area contributed by atoms with Crippen molar-refractivity contribution in [2.75, 3.05) is 36.5 Å². The lowest BCUT2D eigenvalue weighted by molar-refractivity contribution is -0.0106. The molecule has 112 valence electrons. The fourth-order valence-electron chi connectivity index (χ4n) is 2.46. The van der Waals surface area contributed by atoms with E-state index in [9.17, 15) is 5.11 Å². The second-order valence-electron chi connectivity index (χ2n) is 5.24. The number of hydrogen-bond donors (Lipinski definition) is 2. The summed E-state index contributed by atoms with van der Waals surface area (Å²) in [7, 11) is 0. The molecule has 1 aromatic rings. The zero-order valence-corrected chi connectivity index (χ0v) is 12.7. The molecule has 0 bridgehead atoms. The van der Waals surface area contributed by atoms with Crippen LogP contribution in [0.3, 0.4) is 0 Å². The molecule has 1 aliphatic rings. The highest BCUT2D eigenvalue weighted by atomic mass is 16.5. The Bertz CT molecular complexity index is 467. The predicted molar refractivity (Wildman–Crippen MR) is 79.3 cm³/mol. The largest absolute Gasteiger partial charge is 0.394 e. The van der Waals surface area contributed by atoms with Gasteiger partial charge < -0.3 is 20.1 Å². The number of aromatic nitrogens is 2. The van der Waals surface area contributed by atoms with Crippen LogP contribution in [0.4, 0.5) is 11.6 Å². The van der Waals surface area contributed by atoms with Gasteiger partial charge in [-0.25, -0.2) is 9.97 Å². The summed E-state index contributed by atoms with van der Waals surface area (Å²) in [6, 6.07) is 0.236. The van der Waals surface area contributed by atoms with Crippen molar-refractivity contribution in [3.8, 4) is 0 Å². The van der Waals surface area contributed by atoms with Crippen molar-refractivity contribution in [3.05, 3.63) is 11.4 Å². The van der Waals surface area contributed by atoms with E-state index in [1.54, 1.807) is 0 Å². The lowest BCUT2D eigenvalue weighted by Gasteiger charge is -2.39. The molecule has 1 aliphatic heterocycles. The molecule has 2 heterocycles. The van der Waals surface area contributed by atoms with E-state index in [0.717, 1.165) is 29.6 Å². The van der Waals surface area contributed by atoms with E-state index in [0.29, 0.717) is 13.2 Å². The van der Waals surface area contributed by atoms with Crippen molar-refractivity contribution in [1.29, 1.82) is 0 Å². The van der Waals surface area contributed by atoms with E-state index in [4.69, 9.17) is 4.74 Å². The normalized spacial score (nSPS) is 22.9. The molecule has 2 unspecified atom stereocenters. The van der Waals surface area contributed by atoms with E-state index in [2.05, 4.69) is 34.0 Å². The Morgan fingerprint density at radius 1 is 1.40 bits per heavy atom. The first-order valence-electron chi connectivity index (χ1n) is 7.15. The van der Waals surface area contributed by atoms with Crippen molar-refractivity contribution in [1.82, 2.24) is 9.97 Å². The third kappa shape index (κ3) is 3.02. The highest BCUT2D eigenvalue weighted by molar-refractivity contribution is 5.59. The van der Waals surface area contributed by atoms with Gasteiger partial charge in [0.1, 0.15) is 17.5 Å². The number of nitrogens with one attached hydrogen (secondary N) is 1. The van der Waals surface area contributed by atoms with Crippen LogP contribution >= 0.6 is 0 Å². The SMILES string of the molecule is CCNc1nc(C)nc(N2CC(CO)OCC2C)c1C.